The molecule has 0 bridgehead atoms. The third-order valence-electron chi connectivity index (χ3n) is 4.25. The monoisotopic (exact) mass is 530 g/mol. The molecule has 1 heterocycles. The highest BCUT2D eigenvalue weighted by Gasteiger charge is 2.24. The maximum absolute atomic E-state index is 12.2. The van der Waals surface area contributed by atoms with Crippen LogP contribution < -0.4 is 20.7 Å². The number of rotatable bonds is 9. The number of aliphatic imine (C=N–C) groups is 1. The molecule has 9 nitrogen and oxygen atoms in total. The molecule has 10 heteroatoms. The van der Waals surface area contributed by atoms with E-state index in [2.05, 4.69) is 26.0 Å². The highest BCUT2D eigenvalue weighted by atomic mass is 127. The van der Waals surface area contributed by atoms with Crippen LogP contribution >= 0.6 is 24.0 Å². The van der Waals surface area contributed by atoms with Crippen LogP contribution in [0.1, 0.15) is 29.8 Å². The third kappa shape index (κ3) is 7.82. The maximum Gasteiger partial charge on any atom is 0.251 e. The molecule has 2 rings (SSSR count). The van der Waals surface area contributed by atoms with Gasteiger partial charge < -0.3 is 25.8 Å². The number of hydrogen-bond donors (Lipinski definition) is 4. The Morgan fingerprint density at radius 1 is 1.30 bits per heavy atom. The number of amides is 1. The number of benzene rings is 1. The molecule has 0 fully saturated rings. The maximum atomic E-state index is 12.2. The minimum absolute atomic E-state index is 0. The van der Waals surface area contributed by atoms with Gasteiger partial charge in [0.25, 0.3) is 5.91 Å². The molecule has 0 radical (unpaired) electrons. The van der Waals surface area contributed by atoms with E-state index in [9.17, 15) is 9.90 Å². The molecule has 0 spiro atoms. The number of hydrogen-bond acceptors (Lipinski definition) is 5. The van der Waals surface area contributed by atoms with Gasteiger partial charge in [-0.05, 0) is 32.0 Å². The average molecular weight is 530 g/mol. The Morgan fingerprint density at radius 3 is 2.67 bits per heavy atom. The molecular formula is C20H31IN6O3. The number of carbonyl (C=O) groups is 1. The second-order valence-corrected chi connectivity index (χ2v) is 6.79. The van der Waals surface area contributed by atoms with E-state index in [1.54, 1.807) is 62.4 Å². The van der Waals surface area contributed by atoms with Crippen molar-refractivity contribution in [3.05, 3.63) is 47.8 Å². The number of nitrogens with zero attached hydrogens (tertiary/aromatic N) is 3. The Balaban J connectivity index is 0.00000450. The Kier molecular flexibility index (Phi) is 10.6. The molecule has 2 aromatic rings. The molecule has 1 amide bonds. The summed E-state index contributed by atoms with van der Waals surface area (Å²) < 4.78 is 6.78. The molecule has 1 atom stereocenters. The lowest BCUT2D eigenvalue weighted by molar-refractivity contribution is 0.0672. The number of aliphatic hydroxyl groups is 1. The second kappa shape index (κ2) is 12.4. The quantitative estimate of drug-likeness (QED) is 0.168. The summed E-state index contributed by atoms with van der Waals surface area (Å²) in [5.74, 6) is 1.03. The second-order valence-electron chi connectivity index (χ2n) is 6.79. The summed E-state index contributed by atoms with van der Waals surface area (Å²) in [6.07, 6.45) is 3.40. The van der Waals surface area contributed by atoms with Gasteiger partial charge in [0.1, 0.15) is 11.4 Å². The summed E-state index contributed by atoms with van der Waals surface area (Å²) in [7, 11) is 3.36. The van der Waals surface area contributed by atoms with Gasteiger partial charge in [0, 0.05) is 44.0 Å². The molecular weight excluding hydrogens is 499 g/mol. The van der Waals surface area contributed by atoms with Crippen molar-refractivity contribution in [2.24, 2.45) is 12.0 Å². The van der Waals surface area contributed by atoms with E-state index in [4.69, 9.17) is 4.74 Å². The van der Waals surface area contributed by atoms with Gasteiger partial charge in [-0.25, -0.2) is 4.99 Å². The van der Waals surface area contributed by atoms with Gasteiger partial charge in [0.15, 0.2) is 5.96 Å². The summed E-state index contributed by atoms with van der Waals surface area (Å²) in [5, 5.41) is 23.9. The minimum atomic E-state index is -1.13. The van der Waals surface area contributed by atoms with Crippen LogP contribution in [0.4, 0.5) is 0 Å². The smallest absolute Gasteiger partial charge is 0.251 e. The first kappa shape index (κ1) is 25.7. The lowest BCUT2D eigenvalue weighted by atomic mass is 10.0. The molecule has 30 heavy (non-hydrogen) atoms. The van der Waals surface area contributed by atoms with Gasteiger partial charge in [-0.3, -0.25) is 9.48 Å². The van der Waals surface area contributed by atoms with E-state index in [1.165, 1.54) is 0 Å². The SMILES string of the molecule is CCNC(=NCC(C)(O)c1cnn(C)c1)NCCNC(=O)c1cccc(OC)c1.I. The van der Waals surface area contributed by atoms with Crippen LogP contribution in [-0.4, -0.2) is 60.0 Å². The normalized spacial score (nSPS) is 13.0. The topological polar surface area (TPSA) is 113 Å². The van der Waals surface area contributed by atoms with Crippen LogP contribution in [0.5, 0.6) is 5.75 Å². The molecule has 1 unspecified atom stereocenters. The number of aryl methyl sites for hydroxylation is 1. The number of methoxy groups -OCH3 is 1. The van der Waals surface area contributed by atoms with Crippen LogP contribution in [0.3, 0.4) is 0 Å². The lowest BCUT2D eigenvalue weighted by Crippen LogP contribution is -2.42. The standard InChI is InChI=1S/C20H30N6O3.HI/c1-5-21-19(24-14-20(2,28)16-12-25-26(3)13-16)23-10-9-22-18(27)15-7-6-8-17(11-15)29-4;/h6-8,11-13,28H,5,9-10,14H2,1-4H3,(H,22,27)(H2,21,23,24);1H. The Morgan fingerprint density at radius 2 is 2.03 bits per heavy atom. The van der Waals surface area contributed by atoms with Crippen LogP contribution in [0.2, 0.25) is 0 Å². The average Bonchev–Trinajstić information content (AvgIpc) is 3.16. The number of halogens is 1. The van der Waals surface area contributed by atoms with E-state index < -0.39 is 5.60 Å². The highest BCUT2D eigenvalue weighted by Crippen LogP contribution is 2.19. The zero-order valence-corrected chi connectivity index (χ0v) is 20.1. The minimum Gasteiger partial charge on any atom is -0.497 e. The third-order valence-corrected chi connectivity index (χ3v) is 4.25. The molecule has 0 saturated carbocycles. The van der Waals surface area contributed by atoms with Crippen LogP contribution in [0, 0.1) is 0 Å². The summed E-state index contributed by atoms with van der Waals surface area (Å²) in [6.45, 7) is 5.41. The summed E-state index contributed by atoms with van der Waals surface area (Å²) in [5.41, 5.74) is 0.111. The van der Waals surface area contributed by atoms with Gasteiger partial charge in [-0.15, -0.1) is 24.0 Å². The van der Waals surface area contributed by atoms with E-state index in [1.807, 2.05) is 6.92 Å². The summed E-state index contributed by atoms with van der Waals surface area (Å²) >= 11 is 0. The molecule has 1 aromatic heterocycles. The molecule has 1 aromatic carbocycles. The molecule has 4 N–H and O–H groups in total. The molecule has 0 saturated heterocycles. The van der Waals surface area contributed by atoms with Crippen molar-refractivity contribution in [3.63, 3.8) is 0 Å². The zero-order chi connectivity index (χ0) is 21.3. The number of ether oxygens (including phenoxy) is 1. The fourth-order valence-electron chi connectivity index (χ4n) is 2.59. The predicted molar refractivity (Wildman–Crippen MR) is 128 cm³/mol. The number of carbonyl (C=O) groups excluding carboxylic acids is 1. The van der Waals surface area contributed by atoms with Crippen molar-refractivity contribution in [3.8, 4) is 5.75 Å². The fraction of sp³-hybridized carbons (Fsp3) is 0.450. The van der Waals surface area contributed by atoms with Crippen LogP contribution in [0.25, 0.3) is 0 Å². The van der Waals surface area contributed by atoms with Crippen molar-refractivity contribution < 1.29 is 14.6 Å². The van der Waals surface area contributed by atoms with Gasteiger partial charge in [-0.2, -0.15) is 5.10 Å². The highest BCUT2D eigenvalue weighted by molar-refractivity contribution is 14.0. The zero-order valence-electron chi connectivity index (χ0n) is 17.8. The van der Waals surface area contributed by atoms with Gasteiger partial charge >= 0.3 is 0 Å². The predicted octanol–water partition coefficient (Wildman–Crippen LogP) is 1.24. The van der Waals surface area contributed by atoms with Gasteiger partial charge in [0.05, 0.1) is 19.9 Å². The first-order valence-electron chi connectivity index (χ1n) is 9.51. The summed E-state index contributed by atoms with van der Waals surface area (Å²) in [4.78, 5) is 16.7. The Hall–Kier alpha value is -2.34. The van der Waals surface area contributed by atoms with E-state index in [0.29, 0.717) is 42.5 Å². The molecule has 0 aliphatic heterocycles. The van der Waals surface area contributed by atoms with Gasteiger partial charge in [-0.1, -0.05) is 6.07 Å². The number of guanidine groups is 1. The van der Waals surface area contributed by atoms with E-state index in [-0.39, 0.29) is 36.4 Å². The summed E-state index contributed by atoms with van der Waals surface area (Å²) in [6, 6.07) is 6.99. The Bertz CT molecular complexity index is 837. The Labute approximate surface area is 194 Å². The van der Waals surface area contributed by atoms with Crippen molar-refractivity contribution >= 4 is 35.8 Å². The molecule has 166 valence electrons. The number of aromatic nitrogens is 2. The van der Waals surface area contributed by atoms with Gasteiger partial charge in [0.2, 0.25) is 0 Å². The van der Waals surface area contributed by atoms with E-state index in [0.717, 1.165) is 0 Å². The van der Waals surface area contributed by atoms with Crippen LogP contribution in [-0.2, 0) is 12.6 Å². The first-order valence-corrected chi connectivity index (χ1v) is 9.51. The van der Waals surface area contributed by atoms with Crippen molar-refractivity contribution in [2.75, 3.05) is 33.3 Å². The lowest BCUT2D eigenvalue weighted by Gasteiger charge is -2.20. The van der Waals surface area contributed by atoms with Crippen molar-refractivity contribution in [1.82, 2.24) is 25.7 Å². The van der Waals surface area contributed by atoms with E-state index >= 15 is 0 Å². The van der Waals surface area contributed by atoms with Crippen molar-refractivity contribution in [2.45, 2.75) is 19.4 Å². The van der Waals surface area contributed by atoms with Crippen molar-refractivity contribution in [1.29, 1.82) is 0 Å². The molecule has 0 aliphatic carbocycles. The largest absolute Gasteiger partial charge is 0.497 e. The number of nitrogens with one attached hydrogen (secondary N) is 3. The molecule has 0 aliphatic rings. The fourth-order valence-corrected chi connectivity index (χ4v) is 2.59. The first-order chi connectivity index (χ1) is 13.9. The van der Waals surface area contributed by atoms with Crippen LogP contribution in [0.15, 0.2) is 41.7 Å².